The second-order valence-electron chi connectivity index (χ2n) is 3.92. The summed E-state index contributed by atoms with van der Waals surface area (Å²) in [6, 6.07) is 6.09. The summed E-state index contributed by atoms with van der Waals surface area (Å²) in [6.07, 6.45) is 4.24. The van der Waals surface area contributed by atoms with E-state index in [0.29, 0.717) is 0 Å². The number of imidazole rings is 1. The molecule has 0 aromatic carbocycles. The number of aromatic nitrogens is 3. The van der Waals surface area contributed by atoms with Gasteiger partial charge in [0.15, 0.2) is 0 Å². The van der Waals surface area contributed by atoms with Crippen molar-refractivity contribution < 1.29 is 0 Å². The van der Waals surface area contributed by atoms with Crippen molar-refractivity contribution in [2.24, 2.45) is 0 Å². The summed E-state index contributed by atoms with van der Waals surface area (Å²) in [6.45, 7) is 3.95. The van der Waals surface area contributed by atoms with Crippen LogP contribution in [-0.2, 0) is 0 Å². The Kier molecular flexibility index (Phi) is 3.20. The molecule has 0 aliphatic rings. The average molecular weight is 226 g/mol. The molecule has 2 rings (SSSR count). The molecular formula is C13H14N4. The van der Waals surface area contributed by atoms with Gasteiger partial charge in [-0.05, 0) is 25.5 Å². The van der Waals surface area contributed by atoms with Crippen LogP contribution in [0.4, 0.5) is 0 Å². The second-order valence-corrected chi connectivity index (χ2v) is 3.92. The predicted molar refractivity (Wildman–Crippen MR) is 65.2 cm³/mol. The summed E-state index contributed by atoms with van der Waals surface area (Å²) in [7, 11) is 0. The first kappa shape index (κ1) is 11.3. The van der Waals surface area contributed by atoms with Crippen LogP contribution >= 0.6 is 0 Å². The number of nitrogens with one attached hydrogen (secondary N) is 1. The van der Waals surface area contributed by atoms with Gasteiger partial charge in [-0.15, -0.1) is 0 Å². The molecule has 0 aliphatic carbocycles. The van der Waals surface area contributed by atoms with E-state index in [9.17, 15) is 0 Å². The molecule has 0 aliphatic heterocycles. The Bertz CT molecular complexity index is 536. The van der Waals surface area contributed by atoms with Crippen LogP contribution in [-0.4, -0.2) is 15.0 Å². The molecule has 0 spiro atoms. The zero-order valence-corrected chi connectivity index (χ0v) is 9.94. The number of hydrogen-bond donors (Lipinski definition) is 1. The molecule has 0 bridgehead atoms. The van der Waals surface area contributed by atoms with Gasteiger partial charge < -0.3 is 4.98 Å². The number of hydrogen-bond acceptors (Lipinski definition) is 3. The summed E-state index contributed by atoms with van der Waals surface area (Å²) in [5, 5.41) is 9.03. The first-order valence-corrected chi connectivity index (χ1v) is 5.62. The Morgan fingerprint density at radius 2 is 2.12 bits per heavy atom. The van der Waals surface area contributed by atoms with Crippen molar-refractivity contribution in [1.82, 2.24) is 15.0 Å². The normalized spacial score (nSPS) is 12.1. The molecule has 0 fully saturated rings. The van der Waals surface area contributed by atoms with Gasteiger partial charge in [0.1, 0.15) is 11.7 Å². The van der Waals surface area contributed by atoms with E-state index in [4.69, 9.17) is 5.26 Å². The van der Waals surface area contributed by atoms with Gasteiger partial charge in [-0.3, -0.25) is 4.98 Å². The fraction of sp³-hybridized carbons (Fsp3) is 0.308. The van der Waals surface area contributed by atoms with Crippen LogP contribution in [0.1, 0.15) is 30.8 Å². The fourth-order valence-corrected chi connectivity index (χ4v) is 1.79. The number of nitrogens with zero attached hydrogens (tertiary/aromatic N) is 3. The van der Waals surface area contributed by atoms with Crippen molar-refractivity contribution in [1.29, 1.82) is 5.26 Å². The minimum absolute atomic E-state index is 0.163. The number of aryl methyl sites for hydroxylation is 1. The lowest BCUT2D eigenvalue weighted by Crippen LogP contribution is -1.96. The van der Waals surface area contributed by atoms with Gasteiger partial charge in [0.25, 0.3) is 0 Å². The second kappa shape index (κ2) is 4.79. The van der Waals surface area contributed by atoms with Gasteiger partial charge in [-0.25, -0.2) is 4.98 Å². The van der Waals surface area contributed by atoms with Crippen molar-refractivity contribution >= 4 is 0 Å². The first-order chi connectivity index (χ1) is 8.26. The third kappa shape index (κ3) is 2.18. The first-order valence-electron chi connectivity index (χ1n) is 5.62. The van der Waals surface area contributed by atoms with E-state index >= 15 is 0 Å². The quantitative estimate of drug-likeness (QED) is 0.875. The standard InChI is InChI=1S/C13H14N4/c1-3-10(8-14)13-16-9(2)12(17-13)11-4-6-15-7-5-11/h4-7,10H,3H2,1-2H3,(H,16,17). The molecule has 4 heteroatoms. The minimum Gasteiger partial charge on any atom is -0.344 e. The van der Waals surface area contributed by atoms with Crippen molar-refractivity contribution in [3.8, 4) is 17.3 Å². The van der Waals surface area contributed by atoms with E-state index in [1.54, 1.807) is 12.4 Å². The molecule has 2 aromatic rings. The number of pyridine rings is 1. The molecule has 0 radical (unpaired) electrons. The molecular weight excluding hydrogens is 212 g/mol. The Balaban J connectivity index is 2.42. The van der Waals surface area contributed by atoms with E-state index in [-0.39, 0.29) is 5.92 Å². The topological polar surface area (TPSA) is 65.4 Å². The molecule has 1 N–H and O–H groups in total. The number of H-pyrrole nitrogens is 1. The van der Waals surface area contributed by atoms with Crippen LogP contribution in [0.25, 0.3) is 11.3 Å². The van der Waals surface area contributed by atoms with E-state index in [1.165, 1.54) is 0 Å². The van der Waals surface area contributed by atoms with Gasteiger partial charge in [0, 0.05) is 23.7 Å². The summed E-state index contributed by atoms with van der Waals surface area (Å²) in [4.78, 5) is 11.7. The highest BCUT2D eigenvalue weighted by atomic mass is 14.9. The zero-order chi connectivity index (χ0) is 12.3. The molecule has 2 heterocycles. The largest absolute Gasteiger partial charge is 0.344 e. The minimum atomic E-state index is -0.163. The zero-order valence-electron chi connectivity index (χ0n) is 9.94. The molecule has 0 amide bonds. The van der Waals surface area contributed by atoms with E-state index in [1.807, 2.05) is 26.0 Å². The molecule has 86 valence electrons. The fourth-order valence-electron chi connectivity index (χ4n) is 1.79. The van der Waals surface area contributed by atoms with Crippen LogP contribution in [0.15, 0.2) is 24.5 Å². The van der Waals surface area contributed by atoms with Crippen molar-refractivity contribution in [2.75, 3.05) is 0 Å². The van der Waals surface area contributed by atoms with Crippen LogP contribution in [0.5, 0.6) is 0 Å². The van der Waals surface area contributed by atoms with Gasteiger partial charge in [-0.1, -0.05) is 6.92 Å². The maximum Gasteiger partial charge on any atom is 0.124 e. The van der Waals surface area contributed by atoms with Crippen LogP contribution in [0, 0.1) is 18.3 Å². The van der Waals surface area contributed by atoms with Crippen molar-refractivity contribution in [3.05, 3.63) is 36.0 Å². The molecule has 0 saturated heterocycles. The highest BCUT2D eigenvalue weighted by molar-refractivity contribution is 5.61. The number of aromatic amines is 1. The predicted octanol–water partition coefficient (Wildman–Crippen LogP) is 2.80. The van der Waals surface area contributed by atoms with Crippen LogP contribution in [0.3, 0.4) is 0 Å². The number of nitriles is 1. The van der Waals surface area contributed by atoms with Gasteiger partial charge in [-0.2, -0.15) is 5.26 Å². The molecule has 0 saturated carbocycles. The maximum atomic E-state index is 9.03. The molecule has 2 aromatic heterocycles. The summed E-state index contributed by atoms with van der Waals surface area (Å²) in [5.74, 6) is 0.587. The Morgan fingerprint density at radius 1 is 1.41 bits per heavy atom. The SMILES string of the molecule is CCC(C#N)c1nc(-c2ccncc2)c(C)[nH]1. The summed E-state index contributed by atoms with van der Waals surface area (Å²) < 4.78 is 0. The van der Waals surface area contributed by atoms with Gasteiger partial charge >= 0.3 is 0 Å². The average Bonchev–Trinajstić information content (AvgIpc) is 2.74. The van der Waals surface area contributed by atoms with Gasteiger partial charge in [0.05, 0.1) is 11.8 Å². The Labute approximate surface area is 100 Å². The molecule has 17 heavy (non-hydrogen) atoms. The molecule has 4 nitrogen and oxygen atoms in total. The van der Waals surface area contributed by atoms with E-state index < -0.39 is 0 Å². The van der Waals surface area contributed by atoms with Crippen molar-refractivity contribution in [2.45, 2.75) is 26.2 Å². The Hall–Kier alpha value is -2.15. The van der Waals surface area contributed by atoms with Crippen molar-refractivity contribution in [3.63, 3.8) is 0 Å². The maximum absolute atomic E-state index is 9.03. The van der Waals surface area contributed by atoms with Gasteiger partial charge in [0.2, 0.25) is 0 Å². The number of rotatable bonds is 3. The highest BCUT2D eigenvalue weighted by Crippen LogP contribution is 2.24. The molecule has 1 atom stereocenters. The smallest absolute Gasteiger partial charge is 0.124 e. The third-order valence-electron chi connectivity index (χ3n) is 2.75. The van der Waals surface area contributed by atoms with Crippen LogP contribution < -0.4 is 0 Å². The lowest BCUT2D eigenvalue weighted by molar-refractivity contribution is 0.764. The van der Waals surface area contributed by atoms with E-state index in [2.05, 4.69) is 21.0 Å². The highest BCUT2D eigenvalue weighted by Gasteiger charge is 2.15. The van der Waals surface area contributed by atoms with Crippen LogP contribution in [0.2, 0.25) is 0 Å². The lowest BCUT2D eigenvalue weighted by atomic mass is 10.1. The third-order valence-corrected chi connectivity index (χ3v) is 2.75. The van der Waals surface area contributed by atoms with E-state index in [0.717, 1.165) is 29.2 Å². The molecule has 1 unspecified atom stereocenters. The lowest BCUT2D eigenvalue weighted by Gasteiger charge is -1.99. The monoisotopic (exact) mass is 226 g/mol. The summed E-state index contributed by atoms with van der Waals surface area (Å²) >= 11 is 0. The Morgan fingerprint density at radius 3 is 2.71 bits per heavy atom. The summed E-state index contributed by atoms with van der Waals surface area (Å²) in [5.41, 5.74) is 2.91.